The maximum Gasteiger partial charge on any atom is 0.342 e. The number of halogens is 1. The van der Waals surface area contributed by atoms with Crippen LogP contribution in [0.1, 0.15) is 13.8 Å². The summed E-state index contributed by atoms with van der Waals surface area (Å²) in [5.41, 5.74) is 0. The van der Waals surface area contributed by atoms with E-state index in [9.17, 15) is 19.2 Å². The van der Waals surface area contributed by atoms with E-state index in [4.69, 9.17) is 0 Å². The second-order valence-corrected chi connectivity index (χ2v) is 2.16. The topological polar surface area (TPSA) is 77.5 Å². The SMILES string of the molecule is CC(=O)C(=O)Cl.[CH2-]OC(=O)C(C)=O.[CH3-].[CH3-].[CH3-].[Db].[Db]. The van der Waals surface area contributed by atoms with Gasteiger partial charge in [-0.1, -0.05) is 0 Å². The van der Waals surface area contributed by atoms with Crippen molar-refractivity contribution < 1.29 is 23.9 Å². The van der Waals surface area contributed by atoms with E-state index in [1.807, 2.05) is 0 Å². The zero-order chi connectivity index (χ0) is 11.0. The third-order valence-corrected chi connectivity index (χ3v) is 0.961. The molecule has 0 aliphatic rings. The van der Waals surface area contributed by atoms with Crippen molar-refractivity contribution in [1.29, 1.82) is 0 Å². The van der Waals surface area contributed by atoms with Gasteiger partial charge in [-0.2, -0.15) is 7.11 Å². The Morgan fingerprint density at radius 1 is 0.889 bits per heavy atom. The molecule has 0 aliphatic carbocycles. The molecule has 0 fully saturated rings. The molecule has 0 saturated carbocycles. The van der Waals surface area contributed by atoms with Crippen molar-refractivity contribution in [2.45, 2.75) is 13.8 Å². The van der Waals surface area contributed by atoms with Crippen LogP contribution in [0.5, 0.6) is 0 Å². The predicted octanol–water partition coefficient (Wildman–Crippen LogP) is 1.60. The summed E-state index contributed by atoms with van der Waals surface area (Å²) in [6, 6.07) is 0. The van der Waals surface area contributed by atoms with Gasteiger partial charge in [-0.3, -0.25) is 14.4 Å². The maximum absolute atomic E-state index is 9.88. The zero-order valence-electron chi connectivity index (χ0n) is 11.5. The van der Waals surface area contributed by atoms with Crippen molar-refractivity contribution in [1.82, 2.24) is 0 Å². The summed E-state index contributed by atoms with van der Waals surface area (Å²) in [5, 5.41) is -0.907. The van der Waals surface area contributed by atoms with E-state index < -0.39 is 22.8 Å². The molecule has 0 heterocycles. The fraction of sp³-hybridized carbons (Fsp3) is 0.200. The van der Waals surface area contributed by atoms with Crippen LogP contribution in [-0.2, 0) is 23.9 Å². The molecule has 0 unspecified atom stereocenters. The number of hydrogen-bond acceptors (Lipinski definition) is 5. The van der Waals surface area contributed by atoms with Crippen LogP contribution in [0.25, 0.3) is 0 Å². The number of hydrogen-bond donors (Lipinski definition) is 0. The van der Waals surface area contributed by atoms with E-state index in [1.54, 1.807) is 0 Å². The molecule has 0 spiro atoms. The van der Waals surface area contributed by atoms with E-state index in [0.29, 0.717) is 0 Å². The quantitative estimate of drug-likeness (QED) is 0.184. The average molecular weight is 789 g/mol. The summed E-state index contributed by atoms with van der Waals surface area (Å²) in [7, 11) is 2.74. The molecule has 5 nitrogen and oxygen atoms in total. The minimum atomic E-state index is -0.907. The summed E-state index contributed by atoms with van der Waals surface area (Å²) in [4.78, 5) is 39.0. The molecule has 8 heteroatoms. The van der Waals surface area contributed by atoms with Crippen LogP contribution in [0.15, 0.2) is 0 Å². The number of rotatable bonds is 2. The first-order valence-corrected chi connectivity index (χ1v) is 3.38. The van der Waals surface area contributed by atoms with Gasteiger partial charge in [0.2, 0.25) is 11.6 Å². The van der Waals surface area contributed by atoms with Crippen molar-refractivity contribution in [2.75, 3.05) is 0 Å². The molecule has 0 rings (SSSR count). The standard InChI is InChI=1S/C4H5O3.C3H3ClO2.3CH3.2Db/c1-3(5)4(6)7-2;1-2(5)3(4)6;;;;;/h2H2,1H3;1H3;3*1H3;;/q-1;;3*-1;;. The second kappa shape index (κ2) is 23.5. The van der Waals surface area contributed by atoms with Crippen molar-refractivity contribution in [3.8, 4) is 0 Å². The molecule has 0 aromatic heterocycles. The molecule has 0 aromatic rings. The molecule has 0 atom stereocenters. The van der Waals surface area contributed by atoms with E-state index in [2.05, 4.69) is 23.4 Å². The van der Waals surface area contributed by atoms with E-state index >= 15 is 0 Å². The molecular formula is C10H17ClDb2O5-4. The van der Waals surface area contributed by atoms with Gasteiger partial charge in [0.15, 0.2) is 0 Å². The first-order chi connectivity index (χ1) is 5.82. The Balaban J connectivity index is -0.0000000212. The van der Waals surface area contributed by atoms with Gasteiger partial charge in [0, 0.05) is 13.8 Å². The van der Waals surface area contributed by atoms with E-state index in [-0.39, 0.29) is 22.3 Å². The van der Waals surface area contributed by atoms with E-state index in [1.165, 1.54) is 0 Å². The minimum absolute atomic E-state index is 0. The molecule has 18 heavy (non-hydrogen) atoms. The van der Waals surface area contributed by atoms with Crippen molar-refractivity contribution in [2.24, 2.45) is 0 Å². The fourth-order valence-corrected chi connectivity index (χ4v) is 0.102. The summed E-state index contributed by atoms with van der Waals surface area (Å²) in [6.07, 6.45) is 0. The Morgan fingerprint density at radius 3 is 1.11 bits per heavy atom. The normalized spacial score (nSPS) is 5.56. The van der Waals surface area contributed by atoms with Crippen LogP contribution >= 0.6 is 11.6 Å². The van der Waals surface area contributed by atoms with Crippen LogP contribution in [0.4, 0.5) is 0 Å². The molecule has 0 aliphatic heterocycles. The summed E-state index contributed by atoms with van der Waals surface area (Å²) in [5.74, 6) is -2.15. The van der Waals surface area contributed by atoms with Gasteiger partial charge in [0.05, 0.1) is 0 Å². The van der Waals surface area contributed by atoms with Crippen molar-refractivity contribution in [3.05, 3.63) is 29.4 Å². The zero-order valence-corrected chi connectivity index (χ0v) is 25.2. The van der Waals surface area contributed by atoms with E-state index in [0.717, 1.165) is 13.8 Å². The third kappa shape index (κ3) is 38.6. The minimum Gasteiger partial charge on any atom is -0.634 e. The number of carbonyl (C=O) groups excluding carboxylic acids is 4. The van der Waals surface area contributed by atoms with Crippen LogP contribution < -0.4 is 0 Å². The first-order valence-electron chi connectivity index (χ1n) is 3.00. The Bertz CT molecular complexity index is 232. The van der Waals surface area contributed by atoms with Gasteiger partial charge in [0.1, 0.15) is 0 Å². The Kier molecular flexibility index (Phi) is 60.6. The van der Waals surface area contributed by atoms with Gasteiger partial charge in [0.25, 0.3) is 5.24 Å². The van der Waals surface area contributed by atoms with Crippen molar-refractivity contribution >= 4 is 34.4 Å². The number of ketones is 2. The van der Waals surface area contributed by atoms with Crippen LogP contribution in [0.2, 0.25) is 0 Å². The van der Waals surface area contributed by atoms with Gasteiger partial charge in [-0.15, -0.1) is 0 Å². The summed E-state index contributed by atoms with van der Waals surface area (Å²) in [6.45, 7) is 2.24. The molecule has 102 valence electrons. The molecule has 0 saturated heterocycles. The Hall–Kier alpha value is -3.23. The summed E-state index contributed by atoms with van der Waals surface area (Å²) < 4.78 is 3.77. The van der Waals surface area contributed by atoms with Gasteiger partial charge in [-0.05, 0) is 11.6 Å². The summed E-state index contributed by atoms with van der Waals surface area (Å²) >= 11 is 4.62. The van der Waals surface area contributed by atoms with Gasteiger partial charge in [-0.25, -0.2) is 4.79 Å². The van der Waals surface area contributed by atoms with Crippen LogP contribution in [0.3, 0.4) is 0 Å². The molecule has 0 bridgehead atoms. The van der Waals surface area contributed by atoms with Crippen LogP contribution in [0, 0.1) is 29.4 Å². The Labute approximate surface area is 102 Å². The Morgan fingerprint density at radius 2 is 1.11 bits per heavy atom. The fourth-order valence-electron chi connectivity index (χ4n) is 0.102. The molecular weight excluding hydrogens is 772 g/mol. The predicted molar refractivity (Wildman–Crippen MR) is 62.9 cm³/mol. The van der Waals surface area contributed by atoms with Crippen molar-refractivity contribution in [3.63, 3.8) is 0 Å². The number of carbonyl (C=O) groups is 4. The largest absolute Gasteiger partial charge is 0.634 e. The number of esters is 1. The first kappa shape index (κ1) is 46.4. The molecule has 0 radical (unpaired) electrons. The van der Waals surface area contributed by atoms with Gasteiger partial charge >= 0.3 is 5.97 Å². The average Bonchev–Trinajstić information content (AvgIpc) is 2.03. The number of ether oxygens (including phenoxy) is 1. The maximum atomic E-state index is 9.88. The molecule has 0 amide bonds. The monoisotopic (exact) mass is 788 g/mol. The molecule has 0 aromatic carbocycles. The smallest absolute Gasteiger partial charge is 0.342 e. The third-order valence-electron chi connectivity index (χ3n) is 0.695. The number of Topliss-reactive ketones (excluding diaryl/α,β-unsaturated/α-hetero) is 2. The van der Waals surface area contributed by atoms with Gasteiger partial charge < -0.3 is 27.0 Å². The van der Waals surface area contributed by atoms with Crippen LogP contribution in [-0.4, -0.2) is 22.8 Å². The molecule has 0 N–H and O–H groups in total. The second-order valence-electron chi connectivity index (χ2n) is 1.82.